The number of furan rings is 1. The Bertz CT molecular complexity index is 1450. The van der Waals surface area contributed by atoms with Crippen molar-refractivity contribution in [2.75, 3.05) is 11.4 Å². The first-order chi connectivity index (χ1) is 16.8. The summed E-state index contributed by atoms with van der Waals surface area (Å²) in [5.74, 6) is 0.340. The highest BCUT2D eigenvalue weighted by Gasteiger charge is 2.31. The van der Waals surface area contributed by atoms with E-state index in [1.54, 1.807) is 39.7 Å². The number of aromatic nitrogens is 1. The number of amides is 1. The second-order valence-electron chi connectivity index (χ2n) is 8.56. The van der Waals surface area contributed by atoms with Gasteiger partial charge in [0.2, 0.25) is 10.0 Å². The summed E-state index contributed by atoms with van der Waals surface area (Å²) in [5.41, 5.74) is 1.17. The number of anilines is 1. The minimum atomic E-state index is -3.61. The number of halogens is 1. The van der Waals surface area contributed by atoms with Crippen molar-refractivity contribution < 1.29 is 17.6 Å². The molecule has 0 bridgehead atoms. The van der Waals surface area contributed by atoms with E-state index >= 15 is 0 Å². The SMILES string of the molecule is CC1CCCCN1S(=O)(=O)c1ccc(C(=O)N(Cc2ccco2)c2nc3ccc(Br)cc3s2)cc1. The van der Waals surface area contributed by atoms with Gasteiger partial charge in [-0.15, -0.1) is 0 Å². The van der Waals surface area contributed by atoms with E-state index in [1.165, 1.54) is 23.5 Å². The van der Waals surface area contributed by atoms with E-state index in [1.807, 2.05) is 25.1 Å². The van der Waals surface area contributed by atoms with Gasteiger partial charge in [-0.05, 0) is 74.4 Å². The molecule has 182 valence electrons. The number of fused-ring (bicyclic) bond motifs is 1. The summed E-state index contributed by atoms with van der Waals surface area (Å²) in [4.78, 5) is 20.0. The number of hydrogen-bond donors (Lipinski definition) is 0. The monoisotopic (exact) mass is 573 g/mol. The number of nitrogens with zero attached hydrogens (tertiary/aromatic N) is 3. The molecule has 0 radical (unpaired) electrons. The van der Waals surface area contributed by atoms with Crippen LogP contribution in [0.1, 0.15) is 42.3 Å². The van der Waals surface area contributed by atoms with Crippen LogP contribution in [0.4, 0.5) is 5.13 Å². The van der Waals surface area contributed by atoms with E-state index in [-0.39, 0.29) is 23.4 Å². The van der Waals surface area contributed by atoms with Gasteiger partial charge in [0.05, 0.1) is 27.9 Å². The summed E-state index contributed by atoms with van der Waals surface area (Å²) in [6.45, 7) is 2.67. The van der Waals surface area contributed by atoms with Gasteiger partial charge in [0.25, 0.3) is 5.91 Å². The third-order valence-corrected chi connectivity index (χ3v) is 9.72. The molecular formula is C25H24BrN3O4S2. The minimum absolute atomic E-state index is 0.0297. The normalized spacial score (nSPS) is 17.0. The van der Waals surface area contributed by atoms with Crippen molar-refractivity contribution in [2.24, 2.45) is 0 Å². The van der Waals surface area contributed by atoms with E-state index in [9.17, 15) is 13.2 Å². The van der Waals surface area contributed by atoms with E-state index < -0.39 is 10.0 Å². The zero-order chi connectivity index (χ0) is 24.6. The number of carbonyl (C=O) groups excluding carboxylic acids is 1. The largest absolute Gasteiger partial charge is 0.467 e. The van der Waals surface area contributed by atoms with Crippen molar-refractivity contribution in [3.63, 3.8) is 0 Å². The van der Waals surface area contributed by atoms with Gasteiger partial charge < -0.3 is 4.42 Å². The molecule has 1 amide bonds. The van der Waals surface area contributed by atoms with E-state index in [4.69, 9.17) is 4.42 Å². The van der Waals surface area contributed by atoms with E-state index in [2.05, 4.69) is 20.9 Å². The Balaban J connectivity index is 1.46. The second-order valence-corrected chi connectivity index (χ2v) is 12.4. The second kappa shape index (κ2) is 9.85. The van der Waals surface area contributed by atoms with Gasteiger partial charge in [-0.1, -0.05) is 33.7 Å². The Morgan fingerprint density at radius 3 is 2.71 bits per heavy atom. The highest BCUT2D eigenvalue weighted by atomic mass is 79.9. The number of piperidine rings is 1. The van der Waals surface area contributed by atoms with Gasteiger partial charge in [-0.25, -0.2) is 13.4 Å². The van der Waals surface area contributed by atoms with Crippen molar-refractivity contribution in [3.8, 4) is 0 Å². The molecule has 2 aromatic heterocycles. The molecule has 1 atom stereocenters. The van der Waals surface area contributed by atoms with Crippen LogP contribution in [0.2, 0.25) is 0 Å². The Kier molecular flexibility index (Phi) is 6.80. The number of carbonyl (C=O) groups is 1. The Morgan fingerprint density at radius 2 is 2.00 bits per heavy atom. The van der Waals surface area contributed by atoms with Crippen LogP contribution in [0, 0.1) is 0 Å². The molecule has 1 unspecified atom stereocenters. The number of thiazole rings is 1. The molecule has 5 rings (SSSR count). The quantitative estimate of drug-likeness (QED) is 0.280. The van der Waals surface area contributed by atoms with Gasteiger partial charge >= 0.3 is 0 Å². The van der Waals surface area contributed by atoms with Crippen LogP contribution in [0.15, 0.2) is 74.6 Å². The van der Waals surface area contributed by atoms with Gasteiger partial charge in [0, 0.05) is 22.6 Å². The molecule has 0 saturated carbocycles. The molecule has 10 heteroatoms. The Labute approximate surface area is 216 Å². The van der Waals surface area contributed by atoms with E-state index in [0.717, 1.165) is 34.0 Å². The van der Waals surface area contributed by atoms with Crippen LogP contribution < -0.4 is 4.90 Å². The number of rotatable bonds is 6. The van der Waals surface area contributed by atoms with E-state index in [0.29, 0.717) is 23.0 Å². The molecule has 1 fully saturated rings. The molecule has 7 nitrogen and oxygen atoms in total. The number of sulfonamides is 1. The van der Waals surface area contributed by atoms with Crippen LogP contribution in [0.5, 0.6) is 0 Å². The average Bonchev–Trinajstić information content (AvgIpc) is 3.52. The zero-order valence-corrected chi connectivity index (χ0v) is 22.3. The van der Waals surface area contributed by atoms with Crippen LogP contribution >= 0.6 is 27.3 Å². The van der Waals surface area contributed by atoms with Gasteiger partial charge in [-0.3, -0.25) is 9.69 Å². The van der Waals surface area contributed by atoms with Crippen LogP contribution in [-0.4, -0.2) is 36.2 Å². The maximum Gasteiger partial charge on any atom is 0.260 e. The third-order valence-electron chi connectivity index (χ3n) is 6.16. The highest BCUT2D eigenvalue weighted by molar-refractivity contribution is 9.10. The molecule has 4 aromatic rings. The highest BCUT2D eigenvalue weighted by Crippen LogP contribution is 2.33. The summed E-state index contributed by atoms with van der Waals surface area (Å²) >= 11 is 4.89. The molecular weight excluding hydrogens is 550 g/mol. The number of benzene rings is 2. The van der Waals surface area contributed by atoms with Crippen LogP contribution in [-0.2, 0) is 16.6 Å². The lowest BCUT2D eigenvalue weighted by atomic mass is 10.1. The Hall–Kier alpha value is -2.53. The first-order valence-electron chi connectivity index (χ1n) is 11.4. The lowest BCUT2D eigenvalue weighted by molar-refractivity contribution is 0.0983. The van der Waals surface area contributed by atoms with Crippen molar-refractivity contribution in [3.05, 3.63) is 76.7 Å². The maximum atomic E-state index is 13.6. The minimum Gasteiger partial charge on any atom is -0.467 e. The third kappa shape index (κ3) is 4.93. The molecule has 1 aliphatic heterocycles. The molecule has 3 heterocycles. The molecule has 1 saturated heterocycles. The van der Waals surface area contributed by atoms with Crippen LogP contribution in [0.25, 0.3) is 10.2 Å². The zero-order valence-electron chi connectivity index (χ0n) is 19.1. The fraction of sp³-hybridized carbons (Fsp3) is 0.280. The van der Waals surface area contributed by atoms with Crippen molar-refractivity contribution >= 4 is 58.5 Å². The fourth-order valence-corrected chi connectivity index (χ4v) is 7.49. The number of hydrogen-bond acceptors (Lipinski definition) is 6. The lowest BCUT2D eigenvalue weighted by Crippen LogP contribution is -2.41. The first kappa shape index (κ1) is 24.2. The fourth-order valence-electron chi connectivity index (χ4n) is 4.28. The topological polar surface area (TPSA) is 83.7 Å². The molecule has 2 aromatic carbocycles. The molecule has 0 aliphatic carbocycles. The summed E-state index contributed by atoms with van der Waals surface area (Å²) < 4.78 is 35.3. The Morgan fingerprint density at radius 1 is 1.20 bits per heavy atom. The molecule has 0 N–H and O–H groups in total. The van der Waals surface area contributed by atoms with Gasteiger partial charge in [0.1, 0.15) is 5.76 Å². The molecule has 35 heavy (non-hydrogen) atoms. The van der Waals surface area contributed by atoms with Crippen LogP contribution in [0.3, 0.4) is 0 Å². The van der Waals surface area contributed by atoms with Crippen molar-refractivity contribution in [1.82, 2.24) is 9.29 Å². The maximum absolute atomic E-state index is 13.6. The molecule has 0 spiro atoms. The smallest absolute Gasteiger partial charge is 0.260 e. The predicted octanol–water partition coefficient (Wildman–Crippen LogP) is 6.06. The van der Waals surface area contributed by atoms with Gasteiger partial charge in [0.15, 0.2) is 5.13 Å². The van der Waals surface area contributed by atoms with Gasteiger partial charge in [-0.2, -0.15) is 4.31 Å². The lowest BCUT2D eigenvalue weighted by Gasteiger charge is -2.32. The summed E-state index contributed by atoms with van der Waals surface area (Å²) in [6.07, 6.45) is 4.32. The standard InChI is InChI=1S/C25H24BrN3O4S2/c1-17-5-2-3-13-29(17)35(31,32)21-10-7-18(8-11-21)24(30)28(16-20-6-4-14-33-20)25-27-22-12-9-19(26)15-23(22)34-25/h4,6-12,14-15,17H,2-3,5,13,16H2,1H3. The first-order valence-corrected chi connectivity index (χ1v) is 14.4. The van der Waals surface area contributed by atoms with Crippen molar-refractivity contribution in [2.45, 2.75) is 43.7 Å². The molecule has 1 aliphatic rings. The van der Waals surface area contributed by atoms with Crippen molar-refractivity contribution in [1.29, 1.82) is 0 Å². The summed E-state index contributed by atoms with van der Waals surface area (Å²) in [6, 6.07) is 15.5. The average molecular weight is 575 g/mol. The summed E-state index contributed by atoms with van der Waals surface area (Å²) in [5, 5.41) is 0.540. The predicted molar refractivity (Wildman–Crippen MR) is 140 cm³/mol. The summed E-state index contributed by atoms with van der Waals surface area (Å²) in [7, 11) is -3.61.